The van der Waals surface area contributed by atoms with Gasteiger partial charge in [0.15, 0.2) is 0 Å². The number of halogens is 1. The van der Waals surface area contributed by atoms with E-state index < -0.39 is 5.41 Å². The number of fused-ring (bicyclic) bond motifs is 1. The maximum atomic E-state index is 12.6. The van der Waals surface area contributed by atoms with Crippen LogP contribution >= 0.6 is 15.9 Å². The third-order valence-corrected chi connectivity index (χ3v) is 7.11. The molecule has 1 aliphatic heterocycles. The molecule has 3 aromatic carbocycles. The molecule has 5 heteroatoms. The number of esters is 1. The SMILES string of the molecule is C=C1CC2COC(=O)C2(Cc2ccc(OCc3cccc(Oc4ccccc4)c3)c(Br)c2)C1. The van der Waals surface area contributed by atoms with Gasteiger partial charge < -0.3 is 14.2 Å². The van der Waals surface area contributed by atoms with Gasteiger partial charge in [0.05, 0.1) is 16.5 Å². The molecule has 2 unspecified atom stereocenters. The lowest BCUT2D eigenvalue weighted by atomic mass is 9.75. The van der Waals surface area contributed by atoms with Crippen molar-refractivity contribution in [1.29, 1.82) is 0 Å². The van der Waals surface area contributed by atoms with Crippen LogP contribution in [0.1, 0.15) is 24.0 Å². The van der Waals surface area contributed by atoms with E-state index >= 15 is 0 Å². The van der Waals surface area contributed by atoms with Crippen LogP contribution in [0.2, 0.25) is 0 Å². The number of allylic oxidation sites excluding steroid dienone is 1. The summed E-state index contributed by atoms with van der Waals surface area (Å²) in [4.78, 5) is 12.6. The van der Waals surface area contributed by atoms with Crippen LogP contribution in [0.15, 0.2) is 89.4 Å². The summed E-state index contributed by atoms with van der Waals surface area (Å²) in [6, 6.07) is 23.6. The Morgan fingerprint density at radius 1 is 1.00 bits per heavy atom. The lowest BCUT2D eigenvalue weighted by molar-refractivity contribution is -0.146. The van der Waals surface area contributed by atoms with Crippen LogP contribution in [-0.4, -0.2) is 12.6 Å². The first-order chi connectivity index (χ1) is 16.0. The molecule has 0 radical (unpaired) electrons. The van der Waals surface area contributed by atoms with Crippen molar-refractivity contribution >= 4 is 21.9 Å². The minimum atomic E-state index is -0.460. The number of benzene rings is 3. The second-order valence-electron chi connectivity index (χ2n) is 8.88. The Labute approximate surface area is 202 Å². The number of rotatable bonds is 7. The topological polar surface area (TPSA) is 44.8 Å². The molecule has 4 nitrogen and oxygen atoms in total. The fourth-order valence-electron chi connectivity index (χ4n) is 4.88. The van der Waals surface area contributed by atoms with Gasteiger partial charge >= 0.3 is 5.97 Å². The summed E-state index contributed by atoms with van der Waals surface area (Å²) in [6.07, 6.45) is 2.25. The Balaban J connectivity index is 1.25. The van der Waals surface area contributed by atoms with Crippen LogP contribution in [0.3, 0.4) is 0 Å². The van der Waals surface area contributed by atoms with E-state index in [1.807, 2.05) is 72.8 Å². The van der Waals surface area contributed by atoms with Crippen molar-refractivity contribution < 1.29 is 19.0 Å². The number of carbonyl (C=O) groups excluding carboxylic acids is 1. The molecule has 168 valence electrons. The summed E-state index contributed by atoms with van der Waals surface area (Å²) in [7, 11) is 0. The van der Waals surface area contributed by atoms with Crippen molar-refractivity contribution in [3.05, 3.63) is 101 Å². The van der Waals surface area contributed by atoms with Crippen molar-refractivity contribution in [2.45, 2.75) is 25.9 Å². The second kappa shape index (κ2) is 9.06. The van der Waals surface area contributed by atoms with Crippen molar-refractivity contribution in [3.8, 4) is 17.2 Å². The largest absolute Gasteiger partial charge is 0.488 e. The predicted octanol–water partition coefficient (Wildman–Crippen LogP) is 6.87. The molecule has 1 aliphatic carbocycles. The van der Waals surface area contributed by atoms with Gasteiger partial charge in [-0.25, -0.2) is 0 Å². The van der Waals surface area contributed by atoms with E-state index in [1.54, 1.807) is 0 Å². The highest BCUT2D eigenvalue weighted by Gasteiger charge is 2.55. The van der Waals surface area contributed by atoms with Crippen LogP contribution in [0, 0.1) is 11.3 Å². The lowest BCUT2D eigenvalue weighted by Gasteiger charge is -2.24. The third-order valence-electron chi connectivity index (χ3n) is 6.49. The van der Waals surface area contributed by atoms with E-state index in [-0.39, 0.29) is 11.9 Å². The van der Waals surface area contributed by atoms with Gasteiger partial charge in [0.25, 0.3) is 0 Å². The van der Waals surface area contributed by atoms with Crippen LogP contribution in [0.5, 0.6) is 17.2 Å². The molecule has 2 fully saturated rings. The molecule has 2 aliphatic rings. The van der Waals surface area contributed by atoms with Gasteiger partial charge in [-0.2, -0.15) is 0 Å². The quantitative estimate of drug-likeness (QED) is 0.260. The molecule has 3 aromatic rings. The fraction of sp³-hybridized carbons (Fsp3) is 0.250. The van der Waals surface area contributed by atoms with E-state index in [9.17, 15) is 4.79 Å². The average Bonchev–Trinajstić information content (AvgIpc) is 3.27. The van der Waals surface area contributed by atoms with Crippen molar-refractivity contribution in [3.63, 3.8) is 0 Å². The van der Waals surface area contributed by atoms with Gasteiger partial charge in [0, 0.05) is 5.92 Å². The van der Waals surface area contributed by atoms with Gasteiger partial charge in [-0.1, -0.05) is 48.6 Å². The summed E-state index contributed by atoms with van der Waals surface area (Å²) < 4.78 is 18.3. The summed E-state index contributed by atoms with van der Waals surface area (Å²) in [5.74, 6) is 2.48. The molecular weight excluding hydrogens is 480 g/mol. The van der Waals surface area contributed by atoms with Gasteiger partial charge in [0.1, 0.15) is 23.9 Å². The van der Waals surface area contributed by atoms with E-state index in [0.717, 1.165) is 44.8 Å². The van der Waals surface area contributed by atoms with Gasteiger partial charge in [0.2, 0.25) is 0 Å². The van der Waals surface area contributed by atoms with E-state index in [1.165, 1.54) is 0 Å². The molecule has 1 heterocycles. The van der Waals surface area contributed by atoms with Crippen molar-refractivity contribution in [2.75, 3.05) is 6.61 Å². The minimum Gasteiger partial charge on any atom is -0.488 e. The number of cyclic esters (lactones) is 1. The zero-order valence-electron chi connectivity index (χ0n) is 18.3. The van der Waals surface area contributed by atoms with E-state index in [2.05, 4.69) is 22.5 Å². The summed E-state index contributed by atoms with van der Waals surface area (Å²) in [6.45, 7) is 5.05. The predicted molar refractivity (Wildman–Crippen MR) is 130 cm³/mol. The van der Waals surface area contributed by atoms with Crippen molar-refractivity contribution in [1.82, 2.24) is 0 Å². The maximum Gasteiger partial charge on any atom is 0.313 e. The minimum absolute atomic E-state index is 0.0831. The molecule has 0 aromatic heterocycles. The fourth-order valence-corrected chi connectivity index (χ4v) is 5.42. The molecule has 0 spiro atoms. The molecule has 33 heavy (non-hydrogen) atoms. The molecule has 0 amide bonds. The van der Waals surface area contributed by atoms with Gasteiger partial charge in [-0.15, -0.1) is 0 Å². The summed E-state index contributed by atoms with van der Waals surface area (Å²) in [5, 5.41) is 0. The van der Waals surface area contributed by atoms with Crippen LogP contribution in [0.4, 0.5) is 0 Å². The highest BCUT2D eigenvalue weighted by molar-refractivity contribution is 9.10. The monoisotopic (exact) mass is 504 g/mol. The number of hydrogen-bond donors (Lipinski definition) is 0. The smallest absolute Gasteiger partial charge is 0.313 e. The molecule has 2 atom stereocenters. The number of para-hydroxylation sites is 1. The molecular formula is C28H25BrO4. The van der Waals surface area contributed by atoms with E-state index in [0.29, 0.717) is 26.1 Å². The normalized spacial score (nSPS) is 21.5. The molecule has 0 bridgehead atoms. The summed E-state index contributed by atoms with van der Waals surface area (Å²) >= 11 is 3.64. The van der Waals surface area contributed by atoms with Crippen LogP contribution in [0.25, 0.3) is 0 Å². The molecule has 0 N–H and O–H groups in total. The Kier molecular flexibility index (Phi) is 5.98. The first kappa shape index (κ1) is 21.8. The second-order valence-corrected chi connectivity index (χ2v) is 9.73. The zero-order chi connectivity index (χ0) is 22.8. The van der Waals surface area contributed by atoms with Gasteiger partial charge in [-0.05, 0) is 82.7 Å². The lowest BCUT2D eigenvalue weighted by Crippen LogP contribution is -2.31. The van der Waals surface area contributed by atoms with Crippen LogP contribution in [-0.2, 0) is 22.6 Å². The maximum absolute atomic E-state index is 12.6. The van der Waals surface area contributed by atoms with Crippen molar-refractivity contribution in [2.24, 2.45) is 11.3 Å². The van der Waals surface area contributed by atoms with Gasteiger partial charge in [-0.3, -0.25) is 4.79 Å². The Bertz CT molecular complexity index is 1190. The summed E-state index contributed by atoms with van der Waals surface area (Å²) in [5.41, 5.74) is 2.79. The molecule has 5 rings (SSSR count). The molecule has 1 saturated heterocycles. The Morgan fingerprint density at radius 2 is 1.82 bits per heavy atom. The van der Waals surface area contributed by atoms with E-state index in [4.69, 9.17) is 14.2 Å². The average molecular weight is 505 g/mol. The zero-order valence-corrected chi connectivity index (χ0v) is 19.8. The first-order valence-electron chi connectivity index (χ1n) is 11.1. The number of ether oxygens (including phenoxy) is 3. The highest BCUT2D eigenvalue weighted by atomic mass is 79.9. The molecule has 1 saturated carbocycles. The standard InChI is InChI=1S/C28H25BrO4/c1-19-12-22-18-32-27(30)28(22,15-19)16-20-10-11-26(25(29)14-20)31-17-21-6-5-9-24(13-21)33-23-7-3-2-4-8-23/h2-11,13-14,22H,1,12,15-18H2. The number of hydrogen-bond acceptors (Lipinski definition) is 4. The number of carbonyl (C=O) groups is 1. The Morgan fingerprint density at radius 3 is 2.64 bits per heavy atom. The third kappa shape index (κ3) is 4.55. The first-order valence-corrected chi connectivity index (χ1v) is 11.9. The van der Waals surface area contributed by atoms with Crippen LogP contribution < -0.4 is 9.47 Å². The highest BCUT2D eigenvalue weighted by Crippen LogP contribution is 2.52. The Hall–Kier alpha value is -3.05.